The van der Waals surface area contributed by atoms with Gasteiger partial charge in [-0.15, -0.1) is 0 Å². The lowest BCUT2D eigenvalue weighted by Crippen LogP contribution is -2.35. The Morgan fingerprint density at radius 2 is 2.00 bits per heavy atom. The van der Waals surface area contributed by atoms with Crippen LogP contribution in [-0.4, -0.2) is 25.8 Å². The largest absolute Gasteiger partial charge is 0.364 e. The molecule has 4 rings (SSSR count). The number of nitrogens with zero attached hydrogens (tertiary/aromatic N) is 1. The van der Waals surface area contributed by atoms with Gasteiger partial charge in [0, 0.05) is 13.1 Å². The lowest BCUT2D eigenvalue weighted by Gasteiger charge is -2.24. The van der Waals surface area contributed by atoms with Gasteiger partial charge in [0.15, 0.2) is 0 Å². The second kappa shape index (κ2) is 5.65. The average molecular weight is 347 g/mol. The van der Waals surface area contributed by atoms with Crippen LogP contribution in [0.25, 0.3) is 0 Å². The monoisotopic (exact) mass is 347 g/mol. The smallest absolute Gasteiger partial charge is 0.218 e. The first kappa shape index (κ1) is 15.7. The summed E-state index contributed by atoms with van der Waals surface area (Å²) < 4.78 is 46.2. The van der Waals surface area contributed by atoms with Crippen molar-refractivity contribution in [2.45, 2.75) is 24.4 Å². The Morgan fingerprint density at radius 1 is 1.17 bits per heavy atom. The highest BCUT2D eigenvalue weighted by atomic mass is 32.2. The fourth-order valence-electron chi connectivity index (χ4n) is 3.64. The van der Waals surface area contributed by atoms with E-state index >= 15 is 0 Å². The van der Waals surface area contributed by atoms with Crippen LogP contribution in [0, 0.1) is 5.82 Å². The van der Waals surface area contributed by atoms with Crippen molar-refractivity contribution in [3.8, 4) is 0 Å². The van der Waals surface area contributed by atoms with E-state index in [9.17, 15) is 12.8 Å². The van der Waals surface area contributed by atoms with Gasteiger partial charge in [-0.3, -0.25) is 0 Å². The van der Waals surface area contributed by atoms with E-state index in [4.69, 9.17) is 4.74 Å². The molecule has 1 fully saturated rings. The number of rotatable bonds is 3. The molecule has 126 valence electrons. The van der Waals surface area contributed by atoms with E-state index in [1.165, 1.54) is 22.5 Å². The summed E-state index contributed by atoms with van der Waals surface area (Å²) in [7, 11) is -3.51. The zero-order valence-electron chi connectivity index (χ0n) is 13.1. The van der Waals surface area contributed by atoms with Crippen LogP contribution in [-0.2, 0) is 32.7 Å². The second-order valence-electron chi connectivity index (χ2n) is 6.41. The molecule has 2 aliphatic heterocycles. The Morgan fingerprint density at radius 3 is 2.83 bits per heavy atom. The van der Waals surface area contributed by atoms with E-state index < -0.39 is 21.4 Å². The van der Waals surface area contributed by atoms with Gasteiger partial charge in [-0.2, -0.15) is 4.31 Å². The fraction of sp³-hybridized carbons (Fsp3) is 0.333. The van der Waals surface area contributed by atoms with Gasteiger partial charge in [0.05, 0.1) is 12.4 Å². The molecule has 1 spiro atoms. The summed E-state index contributed by atoms with van der Waals surface area (Å²) in [4.78, 5) is 0. The Kier molecular flexibility index (Phi) is 3.71. The van der Waals surface area contributed by atoms with Crippen molar-refractivity contribution < 1.29 is 17.5 Å². The highest BCUT2D eigenvalue weighted by Gasteiger charge is 2.48. The molecular formula is C18H18FNO3S. The summed E-state index contributed by atoms with van der Waals surface area (Å²) in [6, 6.07) is 13.7. The Labute approximate surface area is 140 Å². The minimum absolute atomic E-state index is 0.192. The summed E-state index contributed by atoms with van der Waals surface area (Å²) in [5, 5.41) is 0. The number of benzene rings is 2. The van der Waals surface area contributed by atoms with Crippen molar-refractivity contribution in [3.05, 3.63) is 71.0 Å². The topological polar surface area (TPSA) is 46.6 Å². The molecule has 2 aliphatic rings. The zero-order chi connectivity index (χ0) is 16.8. The molecule has 0 N–H and O–H groups in total. The van der Waals surface area contributed by atoms with Crippen molar-refractivity contribution in [3.63, 3.8) is 0 Å². The van der Waals surface area contributed by atoms with E-state index in [2.05, 4.69) is 0 Å². The molecule has 6 heteroatoms. The van der Waals surface area contributed by atoms with Crippen molar-refractivity contribution in [2.24, 2.45) is 0 Å². The standard InChI is InChI=1S/C18H18FNO3S/c19-16-6-3-4-14(10-16)12-24(21,22)20-9-8-18(13-20)17-7-2-1-5-15(17)11-23-18/h1-7,10H,8-9,11-13H2. The number of hydrogen-bond donors (Lipinski definition) is 0. The van der Waals surface area contributed by atoms with Gasteiger partial charge in [-0.05, 0) is 35.2 Å². The fourth-order valence-corrected chi connectivity index (χ4v) is 5.19. The molecule has 1 unspecified atom stereocenters. The van der Waals surface area contributed by atoms with Crippen molar-refractivity contribution in [2.75, 3.05) is 13.1 Å². The average Bonchev–Trinajstić information content (AvgIpc) is 3.14. The summed E-state index contributed by atoms with van der Waals surface area (Å²) in [6.45, 7) is 1.27. The molecule has 0 amide bonds. The van der Waals surface area contributed by atoms with Gasteiger partial charge < -0.3 is 4.74 Å². The van der Waals surface area contributed by atoms with Crippen molar-refractivity contribution in [1.29, 1.82) is 0 Å². The molecule has 0 bridgehead atoms. The van der Waals surface area contributed by atoms with Gasteiger partial charge in [-0.1, -0.05) is 36.4 Å². The van der Waals surface area contributed by atoms with Crippen LogP contribution >= 0.6 is 0 Å². The minimum atomic E-state index is -3.51. The maximum atomic E-state index is 13.3. The highest BCUT2D eigenvalue weighted by molar-refractivity contribution is 7.88. The van der Waals surface area contributed by atoms with E-state index in [1.807, 2.05) is 24.3 Å². The van der Waals surface area contributed by atoms with Crippen LogP contribution in [0.15, 0.2) is 48.5 Å². The van der Waals surface area contributed by atoms with E-state index in [-0.39, 0.29) is 5.75 Å². The normalized spacial score (nSPS) is 23.7. The molecule has 24 heavy (non-hydrogen) atoms. The predicted octanol–water partition coefficient (Wildman–Crippen LogP) is 2.79. The molecule has 0 radical (unpaired) electrons. The minimum Gasteiger partial charge on any atom is -0.364 e. The van der Waals surface area contributed by atoms with Gasteiger partial charge in [0.1, 0.15) is 11.4 Å². The summed E-state index contributed by atoms with van der Waals surface area (Å²) in [6.07, 6.45) is 0.645. The number of hydrogen-bond acceptors (Lipinski definition) is 3. The van der Waals surface area contributed by atoms with Crippen LogP contribution in [0.3, 0.4) is 0 Å². The molecular weight excluding hydrogens is 329 g/mol. The van der Waals surface area contributed by atoms with Crippen LogP contribution in [0.4, 0.5) is 4.39 Å². The third kappa shape index (κ3) is 2.64. The highest BCUT2D eigenvalue weighted by Crippen LogP contribution is 2.44. The van der Waals surface area contributed by atoms with Crippen LogP contribution < -0.4 is 0 Å². The maximum absolute atomic E-state index is 13.3. The summed E-state index contributed by atoms with van der Waals surface area (Å²) in [5.74, 6) is -0.615. The van der Waals surface area contributed by atoms with E-state index in [0.717, 1.165) is 11.1 Å². The molecule has 2 heterocycles. The lowest BCUT2D eigenvalue weighted by molar-refractivity contribution is -0.0255. The lowest BCUT2D eigenvalue weighted by atomic mass is 9.92. The Balaban J connectivity index is 1.57. The molecule has 0 saturated carbocycles. The Hall–Kier alpha value is -1.76. The first-order valence-electron chi connectivity index (χ1n) is 7.93. The summed E-state index contributed by atoms with van der Waals surface area (Å²) >= 11 is 0. The van der Waals surface area contributed by atoms with Crippen molar-refractivity contribution in [1.82, 2.24) is 4.31 Å². The second-order valence-corrected chi connectivity index (χ2v) is 8.38. The van der Waals surface area contributed by atoms with Gasteiger partial charge >= 0.3 is 0 Å². The van der Waals surface area contributed by atoms with E-state index in [0.29, 0.717) is 31.7 Å². The molecule has 1 saturated heterocycles. The number of ether oxygens (including phenoxy) is 1. The molecule has 2 aromatic rings. The molecule has 1 atom stereocenters. The van der Waals surface area contributed by atoms with Crippen LogP contribution in [0.1, 0.15) is 23.1 Å². The Bertz CT molecular complexity index is 883. The number of fused-ring (bicyclic) bond motifs is 2. The summed E-state index contributed by atoms with van der Waals surface area (Å²) in [5.41, 5.74) is 2.14. The molecule has 4 nitrogen and oxygen atoms in total. The molecule has 0 aliphatic carbocycles. The third-order valence-electron chi connectivity index (χ3n) is 4.84. The van der Waals surface area contributed by atoms with Crippen LogP contribution in [0.5, 0.6) is 0 Å². The van der Waals surface area contributed by atoms with Crippen LogP contribution in [0.2, 0.25) is 0 Å². The maximum Gasteiger partial charge on any atom is 0.218 e. The SMILES string of the molecule is O=S(=O)(Cc1cccc(F)c1)N1CCC2(C1)OCc1ccccc12. The number of sulfonamides is 1. The molecule has 2 aromatic carbocycles. The first-order chi connectivity index (χ1) is 11.5. The van der Waals surface area contributed by atoms with Gasteiger partial charge in [0.2, 0.25) is 10.0 Å². The zero-order valence-corrected chi connectivity index (χ0v) is 13.9. The van der Waals surface area contributed by atoms with Crippen molar-refractivity contribution >= 4 is 10.0 Å². The van der Waals surface area contributed by atoms with Gasteiger partial charge in [0.25, 0.3) is 0 Å². The van der Waals surface area contributed by atoms with Gasteiger partial charge in [-0.25, -0.2) is 12.8 Å². The predicted molar refractivity (Wildman–Crippen MR) is 88.1 cm³/mol. The third-order valence-corrected chi connectivity index (χ3v) is 6.64. The first-order valence-corrected chi connectivity index (χ1v) is 9.54. The molecule has 0 aromatic heterocycles. The quantitative estimate of drug-likeness (QED) is 0.858. The number of halogens is 1. The van der Waals surface area contributed by atoms with E-state index in [1.54, 1.807) is 6.07 Å².